The molecule has 0 saturated carbocycles. The fourth-order valence-electron chi connectivity index (χ4n) is 2.76. The summed E-state index contributed by atoms with van der Waals surface area (Å²) in [6, 6.07) is 7.55. The van der Waals surface area contributed by atoms with E-state index in [4.69, 9.17) is 0 Å². The summed E-state index contributed by atoms with van der Waals surface area (Å²) in [6.45, 7) is 0. The van der Waals surface area contributed by atoms with Crippen molar-refractivity contribution in [3.05, 3.63) is 74.3 Å². The molecule has 0 bridgehead atoms. The average molecular weight is 493 g/mol. The summed E-state index contributed by atoms with van der Waals surface area (Å²) in [5, 5.41) is 26.2. The quantitative estimate of drug-likeness (QED) is 0.241. The van der Waals surface area contributed by atoms with Gasteiger partial charge in [-0.2, -0.15) is 31.4 Å². The lowest BCUT2D eigenvalue weighted by Gasteiger charge is -2.36. The van der Waals surface area contributed by atoms with Crippen LogP contribution < -0.4 is 10.7 Å². The molecule has 182 valence electrons. The molecule has 2 rings (SSSR count). The van der Waals surface area contributed by atoms with Gasteiger partial charge in [-0.05, 0) is 11.6 Å². The van der Waals surface area contributed by atoms with E-state index in [0.717, 1.165) is 41.7 Å². The van der Waals surface area contributed by atoms with Crippen molar-refractivity contribution in [1.29, 1.82) is 0 Å². The maximum atomic E-state index is 14.0. The van der Waals surface area contributed by atoms with Crippen LogP contribution in [0.3, 0.4) is 0 Å². The third-order valence-corrected chi connectivity index (χ3v) is 4.40. The minimum absolute atomic E-state index is 0.441. The molecule has 2 aromatic carbocycles. The van der Waals surface area contributed by atoms with Crippen LogP contribution >= 0.6 is 0 Å². The lowest BCUT2D eigenvalue weighted by Crippen LogP contribution is -2.59. The molecule has 10 nitrogen and oxygen atoms in total. The van der Waals surface area contributed by atoms with Crippen molar-refractivity contribution in [2.45, 2.75) is 24.3 Å². The number of non-ortho nitro benzene ring substituents is 1. The first-order chi connectivity index (χ1) is 15.7. The highest BCUT2D eigenvalue weighted by atomic mass is 19.4. The summed E-state index contributed by atoms with van der Waals surface area (Å²) in [6.07, 6.45) is -11.9. The van der Waals surface area contributed by atoms with Gasteiger partial charge in [-0.3, -0.25) is 30.4 Å². The summed E-state index contributed by atoms with van der Waals surface area (Å²) in [4.78, 5) is 31.4. The van der Waals surface area contributed by atoms with Crippen molar-refractivity contribution in [2.24, 2.45) is 5.10 Å². The minimum Gasteiger partial charge on any atom is -0.330 e. The van der Waals surface area contributed by atoms with Gasteiger partial charge in [0.25, 0.3) is 5.69 Å². The molecule has 0 aromatic heterocycles. The number of alkyl halides is 6. The smallest absolute Gasteiger partial charge is 0.330 e. The number of amides is 1. The van der Waals surface area contributed by atoms with E-state index < -0.39 is 62.7 Å². The molecule has 2 N–H and O–H groups in total. The number of carbonyl (C=O) groups excluding carboxylic acids is 1. The molecule has 16 heteroatoms. The molecule has 0 radical (unpaired) electrons. The Hall–Kier alpha value is -4.24. The van der Waals surface area contributed by atoms with Crippen LogP contribution in [0.25, 0.3) is 0 Å². The molecule has 1 amide bonds. The number of benzene rings is 2. The van der Waals surface area contributed by atoms with E-state index in [1.165, 1.54) is 6.07 Å². The predicted octanol–water partition coefficient (Wildman–Crippen LogP) is 4.43. The van der Waals surface area contributed by atoms with Crippen molar-refractivity contribution >= 4 is 29.2 Å². The highest BCUT2D eigenvalue weighted by Gasteiger charge is 2.59. The Morgan fingerprint density at radius 3 is 2.09 bits per heavy atom. The van der Waals surface area contributed by atoms with Gasteiger partial charge >= 0.3 is 23.9 Å². The zero-order valence-corrected chi connectivity index (χ0v) is 16.6. The predicted molar refractivity (Wildman–Crippen MR) is 105 cm³/mol. The Morgan fingerprint density at radius 2 is 1.59 bits per heavy atom. The van der Waals surface area contributed by atoms with E-state index in [9.17, 15) is 51.4 Å². The first-order valence-electron chi connectivity index (χ1n) is 8.91. The number of hydrazone groups is 1. The molecule has 2 aromatic rings. The number of nitrogens with zero attached hydrogens (tertiary/aromatic N) is 3. The number of nitro groups is 2. The number of carbonyl (C=O) groups is 1. The van der Waals surface area contributed by atoms with Crippen molar-refractivity contribution < 1.29 is 41.0 Å². The largest absolute Gasteiger partial charge is 0.471 e. The molecule has 1 unspecified atom stereocenters. The maximum Gasteiger partial charge on any atom is 0.471 e. The molecule has 1 atom stereocenters. The topological polar surface area (TPSA) is 140 Å². The Balaban J connectivity index is 2.42. The molecule has 0 fully saturated rings. The van der Waals surface area contributed by atoms with Crippen molar-refractivity contribution in [3.63, 3.8) is 0 Å². The van der Waals surface area contributed by atoms with Crippen molar-refractivity contribution in [3.8, 4) is 0 Å². The highest BCUT2D eigenvalue weighted by molar-refractivity contribution is 5.83. The second-order valence-electron chi connectivity index (χ2n) is 6.56. The van der Waals surface area contributed by atoms with Gasteiger partial charge in [0, 0.05) is 18.7 Å². The van der Waals surface area contributed by atoms with Gasteiger partial charge in [0.05, 0.1) is 15.9 Å². The first-order valence-corrected chi connectivity index (χ1v) is 8.91. The Kier molecular flexibility index (Phi) is 7.43. The van der Waals surface area contributed by atoms with Crippen LogP contribution in [0.5, 0.6) is 0 Å². The summed E-state index contributed by atoms with van der Waals surface area (Å²) >= 11 is 0. The molecule has 0 aliphatic rings. The molecule has 0 aliphatic carbocycles. The number of rotatable bonds is 8. The fourth-order valence-corrected chi connectivity index (χ4v) is 2.76. The van der Waals surface area contributed by atoms with Crippen LogP contribution in [0.15, 0.2) is 53.6 Å². The summed E-state index contributed by atoms with van der Waals surface area (Å²) in [5.74, 6) is -2.85. The number of nitrogens with one attached hydrogen (secondary N) is 2. The Morgan fingerprint density at radius 1 is 0.971 bits per heavy atom. The van der Waals surface area contributed by atoms with Crippen LogP contribution in [0, 0.1) is 20.2 Å². The van der Waals surface area contributed by atoms with E-state index in [-0.39, 0.29) is 0 Å². The van der Waals surface area contributed by atoms with Gasteiger partial charge in [-0.25, -0.2) is 0 Å². The van der Waals surface area contributed by atoms with Crippen molar-refractivity contribution in [1.82, 2.24) is 5.32 Å². The number of hydrogen-bond acceptors (Lipinski definition) is 7. The lowest BCUT2D eigenvalue weighted by atomic mass is 9.86. The number of halogens is 6. The molecule has 0 heterocycles. The van der Waals surface area contributed by atoms with E-state index in [1.807, 2.05) is 5.43 Å². The summed E-state index contributed by atoms with van der Waals surface area (Å²) in [7, 11) is 0. The number of nitro benzene ring substituents is 2. The molecule has 34 heavy (non-hydrogen) atoms. The van der Waals surface area contributed by atoms with Crippen LogP contribution in [0.4, 0.5) is 43.4 Å². The van der Waals surface area contributed by atoms with Gasteiger partial charge in [0.2, 0.25) is 0 Å². The minimum atomic E-state index is -5.62. The average Bonchev–Trinajstić information content (AvgIpc) is 2.74. The zero-order chi connectivity index (χ0) is 25.7. The summed E-state index contributed by atoms with van der Waals surface area (Å²) < 4.78 is 80.4. The second kappa shape index (κ2) is 9.72. The van der Waals surface area contributed by atoms with Crippen LogP contribution in [-0.4, -0.2) is 34.3 Å². The van der Waals surface area contributed by atoms with E-state index in [1.54, 1.807) is 0 Å². The van der Waals surface area contributed by atoms with Crippen LogP contribution in [0.2, 0.25) is 0 Å². The molecular weight excluding hydrogens is 480 g/mol. The second-order valence-corrected chi connectivity index (χ2v) is 6.56. The van der Waals surface area contributed by atoms with Crippen molar-refractivity contribution in [2.75, 3.05) is 5.43 Å². The normalized spacial score (nSPS) is 13.8. The molecular formula is C18H13F6N5O5. The van der Waals surface area contributed by atoms with Gasteiger partial charge in [-0.15, -0.1) is 0 Å². The SMILES string of the molecule is O=C(NC(C/C=N/Nc1ccc([N+](=O)[O-])cc1[N+](=O)[O-])(c1ccccc1)C(F)(F)F)C(F)(F)F. The summed E-state index contributed by atoms with van der Waals surface area (Å²) in [5.41, 5.74) is -4.17. The van der Waals surface area contributed by atoms with E-state index in [2.05, 4.69) is 5.10 Å². The third kappa shape index (κ3) is 5.76. The standard InChI is InChI=1S/C18H13F6N5O5/c19-17(20,21)15(30)26-16(18(22,23)24,11-4-2-1-3-5-11)8-9-25-27-13-7-6-12(28(31)32)10-14(13)29(33)34/h1-7,9-10,27H,8H2,(H,26,30)/b25-9+. The van der Waals surface area contributed by atoms with Gasteiger partial charge in [0.1, 0.15) is 5.69 Å². The lowest BCUT2D eigenvalue weighted by molar-refractivity contribution is -0.393. The molecule has 0 aliphatic heterocycles. The molecule has 0 saturated heterocycles. The molecule has 0 spiro atoms. The van der Waals surface area contributed by atoms with Crippen LogP contribution in [-0.2, 0) is 10.3 Å². The monoisotopic (exact) mass is 493 g/mol. The zero-order valence-electron chi connectivity index (χ0n) is 16.6. The Labute approximate surface area is 185 Å². The maximum absolute atomic E-state index is 14.0. The van der Waals surface area contributed by atoms with Gasteiger partial charge < -0.3 is 5.32 Å². The van der Waals surface area contributed by atoms with Gasteiger partial charge in [0.15, 0.2) is 5.54 Å². The number of hydrogen-bond donors (Lipinski definition) is 2. The number of anilines is 1. The Bertz CT molecular complexity index is 1110. The van der Waals surface area contributed by atoms with Crippen LogP contribution in [0.1, 0.15) is 12.0 Å². The highest BCUT2D eigenvalue weighted by Crippen LogP contribution is 2.42. The fraction of sp³-hybridized carbons (Fsp3) is 0.222. The third-order valence-electron chi connectivity index (χ3n) is 4.40. The first kappa shape index (κ1) is 26.0. The van der Waals surface area contributed by atoms with E-state index in [0.29, 0.717) is 12.3 Å². The van der Waals surface area contributed by atoms with E-state index >= 15 is 0 Å². The van der Waals surface area contributed by atoms with Gasteiger partial charge in [-0.1, -0.05) is 30.3 Å².